The Morgan fingerprint density at radius 2 is 2.18 bits per heavy atom. The Labute approximate surface area is 111 Å². The molecule has 0 aromatic carbocycles. The summed E-state index contributed by atoms with van der Waals surface area (Å²) in [7, 11) is 0. The van der Waals surface area contributed by atoms with Gasteiger partial charge in [-0.3, -0.25) is 0 Å². The van der Waals surface area contributed by atoms with E-state index in [-0.39, 0.29) is 0 Å². The lowest BCUT2D eigenvalue weighted by molar-refractivity contribution is 0.380. The van der Waals surface area contributed by atoms with Crippen LogP contribution in [0.25, 0.3) is 9.40 Å². The van der Waals surface area contributed by atoms with Crippen molar-refractivity contribution in [1.82, 2.24) is 5.32 Å². The van der Waals surface area contributed by atoms with Crippen molar-refractivity contribution in [3.8, 4) is 0 Å². The highest BCUT2D eigenvalue weighted by molar-refractivity contribution is 7.26. The molecule has 0 aliphatic heterocycles. The molecule has 0 saturated heterocycles. The molecular formula is C14H19NS2. The molecule has 92 valence electrons. The zero-order valence-corrected chi connectivity index (χ0v) is 11.9. The molecule has 0 bridgehead atoms. The van der Waals surface area contributed by atoms with E-state index in [0.29, 0.717) is 6.04 Å². The average Bonchev–Trinajstić information content (AvgIpc) is 3.01. The lowest BCUT2D eigenvalue weighted by Gasteiger charge is -2.23. The lowest BCUT2D eigenvalue weighted by Crippen LogP contribution is -2.26. The van der Waals surface area contributed by atoms with Crippen LogP contribution in [0.15, 0.2) is 17.5 Å². The molecule has 0 radical (unpaired) electrons. The molecule has 1 aliphatic rings. The zero-order chi connectivity index (χ0) is 11.7. The van der Waals surface area contributed by atoms with E-state index < -0.39 is 0 Å². The fraction of sp³-hybridized carbons (Fsp3) is 0.571. The van der Waals surface area contributed by atoms with Crippen LogP contribution in [0.2, 0.25) is 0 Å². The van der Waals surface area contributed by atoms with Crippen molar-refractivity contribution in [2.24, 2.45) is 5.92 Å². The fourth-order valence-corrected chi connectivity index (χ4v) is 5.24. The summed E-state index contributed by atoms with van der Waals surface area (Å²) in [6, 6.07) is 5.27. The summed E-state index contributed by atoms with van der Waals surface area (Å²) < 4.78 is 2.93. The topological polar surface area (TPSA) is 12.0 Å². The van der Waals surface area contributed by atoms with Crippen molar-refractivity contribution in [2.45, 2.75) is 38.6 Å². The van der Waals surface area contributed by atoms with Gasteiger partial charge in [0, 0.05) is 20.3 Å². The molecule has 17 heavy (non-hydrogen) atoms. The Kier molecular flexibility index (Phi) is 3.50. The Bertz CT molecular complexity index is 451. The SMILES string of the molecule is CCNC(c1cc2sccc2s1)C1CCCC1. The first-order valence-corrected chi connectivity index (χ1v) is 8.28. The van der Waals surface area contributed by atoms with Gasteiger partial charge < -0.3 is 5.32 Å². The second kappa shape index (κ2) is 5.09. The van der Waals surface area contributed by atoms with Crippen molar-refractivity contribution in [2.75, 3.05) is 6.54 Å². The molecular weight excluding hydrogens is 246 g/mol. The quantitative estimate of drug-likeness (QED) is 0.837. The summed E-state index contributed by atoms with van der Waals surface area (Å²) in [6.45, 7) is 3.30. The van der Waals surface area contributed by atoms with Crippen LogP contribution in [0.4, 0.5) is 0 Å². The minimum Gasteiger partial charge on any atom is -0.309 e. The minimum absolute atomic E-state index is 0.604. The smallest absolute Gasteiger partial charge is 0.0454 e. The first-order chi connectivity index (χ1) is 8.38. The van der Waals surface area contributed by atoms with Crippen molar-refractivity contribution < 1.29 is 0 Å². The molecule has 2 aromatic heterocycles. The molecule has 2 aromatic rings. The molecule has 0 spiro atoms. The Balaban J connectivity index is 1.88. The van der Waals surface area contributed by atoms with Gasteiger partial charge in [-0.25, -0.2) is 0 Å². The Hall–Kier alpha value is -0.380. The first kappa shape index (κ1) is 11.7. The van der Waals surface area contributed by atoms with Gasteiger partial charge in [-0.05, 0) is 42.8 Å². The Morgan fingerprint density at radius 3 is 2.88 bits per heavy atom. The molecule has 1 fully saturated rings. The molecule has 0 amide bonds. The molecule has 1 unspecified atom stereocenters. The van der Waals surface area contributed by atoms with Crippen molar-refractivity contribution in [3.63, 3.8) is 0 Å². The van der Waals surface area contributed by atoms with E-state index >= 15 is 0 Å². The van der Waals surface area contributed by atoms with Crippen LogP contribution in [-0.2, 0) is 0 Å². The van der Waals surface area contributed by atoms with Crippen LogP contribution in [0.5, 0.6) is 0 Å². The van der Waals surface area contributed by atoms with Crippen molar-refractivity contribution in [3.05, 3.63) is 22.4 Å². The summed E-state index contributed by atoms with van der Waals surface area (Å²) in [6.07, 6.45) is 5.66. The third-order valence-corrected chi connectivity index (χ3v) is 5.94. The van der Waals surface area contributed by atoms with Crippen LogP contribution < -0.4 is 5.32 Å². The highest BCUT2D eigenvalue weighted by atomic mass is 32.1. The zero-order valence-electron chi connectivity index (χ0n) is 10.2. The maximum atomic E-state index is 3.71. The predicted octanol–water partition coefficient (Wildman–Crippen LogP) is 4.80. The fourth-order valence-electron chi connectivity index (χ4n) is 2.95. The van der Waals surface area contributed by atoms with Crippen LogP contribution >= 0.6 is 22.7 Å². The minimum atomic E-state index is 0.604. The first-order valence-electron chi connectivity index (χ1n) is 6.59. The van der Waals surface area contributed by atoms with E-state index in [1.165, 1.54) is 35.1 Å². The number of rotatable bonds is 4. The summed E-state index contributed by atoms with van der Waals surface area (Å²) in [5.41, 5.74) is 0. The van der Waals surface area contributed by atoms with E-state index in [2.05, 4.69) is 29.8 Å². The number of thiophene rings is 2. The van der Waals surface area contributed by atoms with E-state index in [0.717, 1.165) is 12.5 Å². The predicted molar refractivity (Wildman–Crippen MR) is 78.1 cm³/mol. The lowest BCUT2D eigenvalue weighted by atomic mass is 9.97. The number of hydrogen-bond acceptors (Lipinski definition) is 3. The summed E-state index contributed by atoms with van der Waals surface area (Å²) in [5.74, 6) is 0.864. The van der Waals surface area contributed by atoms with E-state index in [1.54, 1.807) is 4.88 Å². The third-order valence-electron chi connectivity index (χ3n) is 3.76. The van der Waals surface area contributed by atoms with E-state index in [1.807, 2.05) is 22.7 Å². The maximum Gasteiger partial charge on any atom is 0.0454 e. The second-order valence-electron chi connectivity index (χ2n) is 4.88. The van der Waals surface area contributed by atoms with Gasteiger partial charge in [0.2, 0.25) is 0 Å². The van der Waals surface area contributed by atoms with Crippen LogP contribution in [0.1, 0.15) is 43.5 Å². The van der Waals surface area contributed by atoms with Gasteiger partial charge in [0.25, 0.3) is 0 Å². The van der Waals surface area contributed by atoms with Crippen LogP contribution in [-0.4, -0.2) is 6.54 Å². The average molecular weight is 265 g/mol. The van der Waals surface area contributed by atoms with Gasteiger partial charge in [0.05, 0.1) is 0 Å². The van der Waals surface area contributed by atoms with Gasteiger partial charge >= 0.3 is 0 Å². The number of nitrogens with one attached hydrogen (secondary N) is 1. The maximum absolute atomic E-state index is 3.71. The standard InChI is InChI=1S/C14H19NS2/c1-2-15-14(10-5-3-4-6-10)13-9-12-11(17-13)7-8-16-12/h7-10,14-15H,2-6H2,1H3. The summed E-state index contributed by atoms with van der Waals surface area (Å²) >= 11 is 3.86. The van der Waals surface area contributed by atoms with Gasteiger partial charge in [0.15, 0.2) is 0 Å². The third kappa shape index (κ3) is 2.28. The van der Waals surface area contributed by atoms with Gasteiger partial charge in [-0.2, -0.15) is 0 Å². The summed E-state index contributed by atoms with van der Waals surface area (Å²) in [5, 5.41) is 5.90. The molecule has 2 heterocycles. The molecule has 3 rings (SSSR count). The molecule has 1 atom stereocenters. The van der Waals surface area contributed by atoms with Crippen molar-refractivity contribution in [1.29, 1.82) is 0 Å². The largest absolute Gasteiger partial charge is 0.309 e. The molecule has 1 nitrogen and oxygen atoms in total. The second-order valence-corrected chi connectivity index (χ2v) is 6.94. The monoisotopic (exact) mass is 265 g/mol. The van der Waals surface area contributed by atoms with Crippen LogP contribution in [0.3, 0.4) is 0 Å². The molecule has 1 N–H and O–H groups in total. The van der Waals surface area contributed by atoms with Crippen LogP contribution in [0, 0.1) is 5.92 Å². The molecule has 1 aliphatic carbocycles. The van der Waals surface area contributed by atoms with Gasteiger partial charge in [-0.15, -0.1) is 22.7 Å². The number of fused-ring (bicyclic) bond motifs is 1. The van der Waals surface area contributed by atoms with E-state index in [4.69, 9.17) is 0 Å². The molecule has 3 heteroatoms. The van der Waals surface area contributed by atoms with Crippen molar-refractivity contribution >= 4 is 32.1 Å². The van der Waals surface area contributed by atoms with Gasteiger partial charge in [-0.1, -0.05) is 19.8 Å². The Morgan fingerprint density at radius 1 is 1.35 bits per heavy atom. The molecule has 1 saturated carbocycles. The van der Waals surface area contributed by atoms with Gasteiger partial charge in [0.1, 0.15) is 0 Å². The summed E-state index contributed by atoms with van der Waals surface area (Å²) in [4.78, 5) is 1.56. The number of hydrogen-bond donors (Lipinski definition) is 1. The highest BCUT2D eigenvalue weighted by Gasteiger charge is 2.26. The van der Waals surface area contributed by atoms with E-state index in [9.17, 15) is 0 Å². The highest BCUT2D eigenvalue weighted by Crippen LogP contribution is 2.41. The normalized spacial score (nSPS) is 19.1.